The average molecular weight is 253 g/mol. The molecule has 5 heteroatoms. The summed E-state index contributed by atoms with van der Waals surface area (Å²) < 4.78 is 5.58. The molecule has 0 bridgehead atoms. The van der Waals surface area contributed by atoms with Gasteiger partial charge in [-0.05, 0) is 30.3 Å². The van der Waals surface area contributed by atoms with Gasteiger partial charge >= 0.3 is 0 Å². The molecule has 0 aliphatic rings. The lowest BCUT2D eigenvalue weighted by atomic mass is 10.2. The van der Waals surface area contributed by atoms with Crippen LogP contribution in [0, 0.1) is 0 Å². The second kappa shape index (κ2) is 4.53. The van der Waals surface area contributed by atoms with Crippen molar-refractivity contribution in [3.8, 4) is 11.5 Å². The molecule has 0 aliphatic heterocycles. The molecule has 2 heterocycles. The van der Waals surface area contributed by atoms with Crippen molar-refractivity contribution in [2.45, 2.75) is 6.92 Å². The van der Waals surface area contributed by atoms with Crippen molar-refractivity contribution in [3.63, 3.8) is 0 Å². The molecule has 0 spiro atoms. The summed E-state index contributed by atoms with van der Waals surface area (Å²) in [6, 6.07) is 11.0. The van der Waals surface area contributed by atoms with E-state index >= 15 is 0 Å². The fourth-order valence-electron chi connectivity index (χ4n) is 1.83. The molecular formula is C14H11N3O2. The van der Waals surface area contributed by atoms with Crippen molar-refractivity contribution in [2.75, 3.05) is 5.32 Å². The number of anilines is 1. The molecule has 0 radical (unpaired) electrons. The molecule has 5 nitrogen and oxygen atoms in total. The number of oxazole rings is 1. The van der Waals surface area contributed by atoms with Crippen molar-refractivity contribution in [3.05, 3.63) is 42.6 Å². The number of hydrogen-bond acceptors (Lipinski definition) is 4. The van der Waals surface area contributed by atoms with Gasteiger partial charge in [-0.25, -0.2) is 9.97 Å². The van der Waals surface area contributed by atoms with Crippen LogP contribution in [0.25, 0.3) is 22.7 Å². The first-order chi connectivity index (χ1) is 9.22. The van der Waals surface area contributed by atoms with E-state index in [9.17, 15) is 4.79 Å². The van der Waals surface area contributed by atoms with Gasteiger partial charge in [0.1, 0.15) is 5.52 Å². The first kappa shape index (κ1) is 11.4. The Hall–Kier alpha value is -2.69. The van der Waals surface area contributed by atoms with Crippen LogP contribution in [0.1, 0.15) is 6.92 Å². The molecule has 2 aromatic heterocycles. The largest absolute Gasteiger partial charge is 0.418 e. The zero-order valence-electron chi connectivity index (χ0n) is 10.3. The summed E-state index contributed by atoms with van der Waals surface area (Å²) in [7, 11) is 0. The Labute approximate surface area is 109 Å². The number of carbonyl (C=O) groups is 1. The van der Waals surface area contributed by atoms with Crippen molar-refractivity contribution in [1.82, 2.24) is 9.97 Å². The highest BCUT2D eigenvalue weighted by Gasteiger charge is 2.09. The third-order valence-electron chi connectivity index (χ3n) is 2.60. The third kappa shape index (κ3) is 2.30. The SMILES string of the molecule is CC(=O)Nc1cccc(-c2nc3cccnc3o2)c1. The van der Waals surface area contributed by atoms with Crippen LogP contribution in [-0.2, 0) is 4.79 Å². The smallest absolute Gasteiger partial charge is 0.247 e. The summed E-state index contributed by atoms with van der Waals surface area (Å²) in [5.41, 5.74) is 2.72. The molecule has 1 amide bonds. The predicted molar refractivity (Wildman–Crippen MR) is 71.5 cm³/mol. The second-order valence-corrected chi connectivity index (χ2v) is 4.11. The van der Waals surface area contributed by atoms with Crippen LogP contribution in [0.2, 0.25) is 0 Å². The summed E-state index contributed by atoms with van der Waals surface area (Å²) in [6.07, 6.45) is 1.66. The quantitative estimate of drug-likeness (QED) is 0.762. The van der Waals surface area contributed by atoms with Gasteiger partial charge in [-0.1, -0.05) is 6.07 Å². The fourth-order valence-corrected chi connectivity index (χ4v) is 1.83. The molecule has 0 unspecified atom stereocenters. The van der Waals surface area contributed by atoms with Gasteiger partial charge in [0.15, 0.2) is 0 Å². The Morgan fingerprint density at radius 2 is 2.16 bits per heavy atom. The summed E-state index contributed by atoms with van der Waals surface area (Å²) in [6.45, 7) is 1.47. The molecule has 19 heavy (non-hydrogen) atoms. The molecule has 3 aromatic rings. The van der Waals surface area contributed by atoms with E-state index in [0.717, 1.165) is 5.56 Å². The van der Waals surface area contributed by atoms with Crippen LogP contribution in [-0.4, -0.2) is 15.9 Å². The predicted octanol–water partition coefficient (Wildman–Crippen LogP) is 2.85. The first-order valence-electron chi connectivity index (χ1n) is 5.82. The Balaban J connectivity index is 2.03. The summed E-state index contributed by atoms with van der Waals surface area (Å²) in [5.74, 6) is 0.372. The third-order valence-corrected chi connectivity index (χ3v) is 2.60. The average Bonchev–Trinajstić information content (AvgIpc) is 2.82. The van der Waals surface area contributed by atoms with E-state index in [1.165, 1.54) is 6.92 Å². The Bertz CT molecular complexity index is 716. The van der Waals surface area contributed by atoms with E-state index in [1.807, 2.05) is 36.4 Å². The summed E-state index contributed by atoms with van der Waals surface area (Å²) >= 11 is 0. The maximum absolute atomic E-state index is 11.0. The van der Waals surface area contributed by atoms with Crippen LogP contribution in [0.5, 0.6) is 0 Å². The number of hydrogen-bond donors (Lipinski definition) is 1. The fraction of sp³-hybridized carbons (Fsp3) is 0.0714. The van der Waals surface area contributed by atoms with Gasteiger partial charge in [0, 0.05) is 24.4 Å². The van der Waals surface area contributed by atoms with Gasteiger partial charge in [0.25, 0.3) is 0 Å². The molecule has 0 aliphatic carbocycles. The van der Waals surface area contributed by atoms with Crippen LogP contribution >= 0.6 is 0 Å². The highest BCUT2D eigenvalue weighted by Crippen LogP contribution is 2.24. The minimum atomic E-state index is -0.114. The molecule has 1 N–H and O–H groups in total. The number of nitrogens with one attached hydrogen (secondary N) is 1. The maximum Gasteiger partial charge on any atom is 0.247 e. The number of benzene rings is 1. The lowest BCUT2D eigenvalue weighted by Gasteiger charge is -2.02. The number of fused-ring (bicyclic) bond motifs is 1. The molecule has 94 valence electrons. The topological polar surface area (TPSA) is 68.0 Å². The normalized spacial score (nSPS) is 10.6. The van der Waals surface area contributed by atoms with Crippen molar-refractivity contribution in [1.29, 1.82) is 0 Å². The van der Waals surface area contributed by atoms with Crippen molar-refractivity contribution < 1.29 is 9.21 Å². The van der Waals surface area contributed by atoms with Gasteiger partial charge in [-0.15, -0.1) is 0 Å². The number of aromatic nitrogens is 2. The standard InChI is InChI=1S/C14H11N3O2/c1-9(18)16-11-5-2-4-10(8-11)13-17-12-6-3-7-15-14(12)19-13/h2-8H,1H3,(H,16,18). The van der Waals surface area contributed by atoms with Gasteiger partial charge < -0.3 is 9.73 Å². The molecular weight excluding hydrogens is 242 g/mol. The molecule has 0 fully saturated rings. The number of rotatable bonds is 2. The Kier molecular flexibility index (Phi) is 2.72. The zero-order chi connectivity index (χ0) is 13.2. The molecule has 1 aromatic carbocycles. The second-order valence-electron chi connectivity index (χ2n) is 4.11. The first-order valence-corrected chi connectivity index (χ1v) is 5.82. The van der Waals surface area contributed by atoms with Crippen LogP contribution < -0.4 is 5.32 Å². The van der Waals surface area contributed by atoms with Gasteiger partial charge in [-0.2, -0.15) is 0 Å². The van der Waals surface area contributed by atoms with Gasteiger partial charge in [0.05, 0.1) is 0 Å². The van der Waals surface area contributed by atoms with Crippen molar-refractivity contribution >= 4 is 22.8 Å². The number of amides is 1. The zero-order valence-corrected chi connectivity index (χ0v) is 10.3. The van der Waals surface area contributed by atoms with E-state index in [0.29, 0.717) is 22.8 Å². The van der Waals surface area contributed by atoms with Gasteiger partial charge in [-0.3, -0.25) is 4.79 Å². The lowest BCUT2D eigenvalue weighted by molar-refractivity contribution is -0.114. The van der Waals surface area contributed by atoms with Gasteiger partial charge in [0.2, 0.25) is 17.5 Å². The monoisotopic (exact) mass is 253 g/mol. The number of pyridine rings is 1. The highest BCUT2D eigenvalue weighted by molar-refractivity contribution is 5.89. The van der Waals surface area contributed by atoms with Crippen LogP contribution in [0.15, 0.2) is 47.0 Å². The summed E-state index contributed by atoms with van der Waals surface area (Å²) in [4.78, 5) is 19.5. The maximum atomic E-state index is 11.0. The van der Waals surface area contributed by atoms with E-state index in [-0.39, 0.29) is 5.91 Å². The molecule has 0 saturated carbocycles. The van der Waals surface area contributed by atoms with E-state index in [2.05, 4.69) is 15.3 Å². The number of nitrogens with zero attached hydrogens (tertiary/aromatic N) is 2. The van der Waals surface area contributed by atoms with E-state index in [4.69, 9.17) is 4.42 Å². The highest BCUT2D eigenvalue weighted by atomic mass is 16.4. The molecule has 3 rings (SSSR count). The molecule has 0 saturated heterocycles. The van der Waals surface area contributed by atoms with Crippen LogP contribution in [0.3, 0.4) is 0 Å². The van der Waals surface area contributed by atoms with Crippen molar-refractivity contribution in [2.24, 2.45) is 0 Å². The minimum Gasteiger partial charge on any atom is -0.418 e. The van der Waals surface area contributed by atoms with Crippen LogP contribution in [0.4, 0.5) is 5.69 Å². The lowest BCUT2D eigenvalue weighted by Crippen LogP contribution is -2.05. The summed E-state index contributed by atoms with van der Waals surface area (Å²) in [5, 5.41) is 2.72. The minimum absolute atomic E-state index is 0.114. The van der Waals surface area contributed by atoms with E-state index < -0.39 is 0 Å². The van der Waals surface area contributed by atoms with E-state index in [1.54, 1.807) is 6.20 Å². The Morgan fingerprint density at radius 1 is 1.26 bits per heavy atom. The molecule has 0 atom stereocenters. The number of carbonyl (C=O) groups excluding carboxylic acids is 1. The Morgan fingerprint density at radius 3 is 2.95 bits per heavy atom.